The highest BCUT2D eigenvalue weighted by Crippen LogP contribution is 2.30. The van der Waals surface area contributed by atoms with Crippen LogP contribution in [0.15, 0.2) is 47.1 Å². The lowest BCUT2D eigenvalue weighted by Gasteiger charge is -2.27. The average molecular weight is 349 g/mol. The van der Waals surface area contributed by atoms with Crippen LogP contribution in [0.25, 0.3) is 22.3 Å². The molecule has 1 aliphatic rings. The predicted molar refractivity (Wildman–Crippen MR) is 93.6 cm³/mol. The topological polar surface area (TPSA) is 70.8 Å². The molecule has 0 fully saturated rings. The Labute approximate surface area is 148 Å². The van der Waals surface area contributed by atoms with Crippen molar-refractivity contribution in [1.29, 1.82) is 0 Å². The van der Waals surface area contributed by atoms with Gasteiger partial charge in [0.05, 0.1) is 5.69 Å². The minimum Gasteiger partial charge on any atom is -0.294 e. The van der Waals surface area contributed by atoms with Crippen molar-refractivity contribution >= 4 is 11.0 Å². The maximum atomic E-state index is 14.2. The molecule has 0 bridgehead atoms. The summed E-state index contributed by atoms with van der Waals surface area (Å²) in [7, 11) is 0. The number of hydrogen-bond acceptors (Lipinski definition) is 5. The molecule has 0 amide bonds. The highest BCUT2D eigenvalue weighted by atomic mass is 19.1. The van der Waals surface area contributed by atoms with Gasteiger partial charge in [-0.05, 0) is 40.1 Å². The highest BCUT2D eigenvalue weighted by molar-refractivity contribution is 5.73. The molecule has 0 aliphatic carbocycles. The van der Waals surface area contributed by atoms with Gasteiger partial charge in [-0.1, -0.05) is 18.2 Å². The minimum atomic E-state index is -0.247. The van der Waals surface area contributed by atoms with E-state index in [2.05, 4.69) is 25.4 Å². The first-order valence-corrected chi connectivity index (χ1v) is 8.52. The molecule has 0 saturated carbocycles. The summed E-state index contributed by atoms with van der Waals surface area (Å²) in [5.41, 5.74) is 6.08. The summed E-state index contributed by atoms with van der Waals surface area (Å²) in [6, 6.07) is 12.7. The third kappa shape index (κ3) is 2.57. The number of aromatic amines is 1. The summed E-state index contributed by atoms with van der Waals surface area (Å²) >= 11 is 0. The second-order valence-corrected chi connectivity index (χ2v) is 6.56. The fourth-order valence-electron chi connectivity index (χ4n) is 3.55. The fourth-order valence-corrected chi connectivity index (χ4v) is 3.55. The van der Waals surface area contributed by atoms with Crippen molar-refractivity contribution in [3.63, 3.8) is 0 Å². The number of nitrogens with zero attached hydrogens (tertiary/aromatic N) is 4. The van der Waals surface area contributed by atoms with Gasteiger partial charge in [0.25, 0.3) is 0 Å². The Kier molecular flexibility index (Phi) is 3.53. The van der Waals surface area contributed by atoms with E-state index >= 15 is 0 Å². The highest BCUT2D eigenvalue weighted by Gasteiger charge is 2.24. The van der Waals surface area contributed by atoms with Gasteiger partial charge in [-0.2, -0.15) is 5.10 Å². The number of nitrogens with one attached hydrogen (secondary N) is 1. The van der Waals surface area contributed by atoms with Gasteiger partial charge in [-0.15, -0.1) is 0 Å². The Morgan fingerprint density at radius 3 is 2.92 bits per heavy atom. The number of aromatic nitrogens is 4. The molecule has 0 saturated heterocycles. The lowest BCUT2D eigenvalue weighted by molar-refractivity contribution is 0.245. The van der Waals surface area contributed by atoms with Crippen LogP contribution in [0, 0.1) is 5.82 Å². The zero-order valence-electron chi connectivity index (χ0n) is 13.9. The standard InChI is InChI=1S/C19H16FN5O/c20-15-4-2-1-3-13(15)19-14-11-25(8-7-16(14)21-22-19)10-12-5-6-17-18(9-12)24-26-23-17/h1-6,9H,7-8,10-11H2,(H,21,22). The summed E-state index contributed by atoms with van der Waals surface area (Å²) < 4.78 is 19.0. The van der Waals surface area contributed by atoms with Crippen molar-refractivity contribution in [2.24, 2.45) is 0 Å². The Balaban J connectivity index is 1.42. The van der Waals surface area contributed by atoms with Crippen LogP contribution in [-0.2, 0) is 19.5 Å². The van der Waals surface area contributed by atoms with E-state index in [4.69, 9.17) is 4.63 Å². The second-order valence-electron chi connectivity index (χ2n) is 6.56. The van der Waals surface area contributed by atoms with Crippen LogP contribution >= 0.6 is 0 Å². The van der Waals surface area contributed by atoms with E-state index in [1.54, 1.807) is 12.1 Å². The molecular weight excluding hydrogens is 333 g/mol. The molecule has 2 aromatic carbocycles. The fraction of sp³-hybridized carbons (Fsp3) is 0.211. The lowest BCUT2D eigenvalue weighted by atomic mass is 10.00. The van der Waals surface area contributed by atoms with Crippen molar-refractivity contribution in [1.82, 2.24) is 25.4 Å². The molecule has 7 heteroatoms. The van der Waals surface area contributed by atoms with Gasteiger partial charge in [0, 0.05) is 42.9 Å². The van der Waals surface area contributed by atoms with E-state index in [1.807, 2.05) is 24.3 Å². The normalized spacial score (nSPS) is 14.7. The SMILES string of the molecule is Fc1ccccc1-c1n[nH]c2c1CN(Cc1ccc3nonc3c1)CC2. The van der Waals surface area contributed by atoms with Crippen LogP contribution in [0.1, 0.15) is 16.8 Å². The summed E-state index contributed by atoms with van der Waals surface area (Å²) in [6.45, 7) is 2.43. The van der Waals surface area contributed by atoms with Gasteiger partial charge < -0.3 is 0 Å². The molecule has 6 nitrogen and oxygen atoms in total. The average Bonchev–Trinajstić information content (AvgIpc) is 3.28. The maximum absolute atomic E-state index is 14.2. The van der Waals surface area contributed by atoms with Gasteiger partial charge in [0.1, 0.15) is 16.9 Å². The molecule has 1 N–H and O–H groups in total. The van der Waals surface area contributed by atoms with E-state index in [0.29, 0.717) is 11.3 Å². The van der Waals surface area contributed by atoms with Gasteiger partial charge in [0.2, 0.25) is 0 Å². The Bertz CT molecular complexity index is 1090. The molecular formula is C19H16FN5O. The zero-order valence-corrected chi connectivity index (χ0v) is 13.9. The maximum Gasteiger partial charge on any atom is 0.135 e. The van der Waals surface area contributed by atoms with Gasteiger partial charge >= 0.3 is 0 Å². The molecule has 130 valence electrons. The van der Waals surface area contributed by atoms with Crippen molar-refractivity contribution in [3.8, 4) is 11.3 Å². The molecule has 4 aromatic rings. The molecule has 1 aliphatic heterocycles. The third-order valence-electron chi connectivity index (χ3n) is 4.87. The largest absolute Gasteiger partial charge is 0.294 e. The number of hydrogen-bond donors (Lipinski definition) is 1. The summed E-state index contributed by atoms with van der Waals surface area (Å²) in [4.78, 5) is 2.33. The lowest BCUT2D eigenvalue weighted by Crippen LogP contribution is -2.30. The van der Waals surface area contributed by atoms with Gasteiger partial charge in [-0.25, -0.2) is 9.02 Å². The van der Waals surface area contributed by atoms with Crippen molar-refractivity contribution < 1.29 is 9.02 Å². The quantitative estimate of drug-likeness (QED) is 0.614. The molecule has 26 heavy (non-hydrogen) atoms. The van der Waals surface area contributed by atoms with Crippen LogP contribution in [0.4, 0.5) is 4.39 Å². The van der Waals surface area contributed by atoms with E-state index in [-0.39, 0.29) is 5.82 Å². The van der Waals surface area contributed by atoms with E-state index < -0.39 is 0 Å². The van der Waals surface area contributed by atoms with Crippen LogP contribution in [-0.4, -0.2) is 32.0 Å². The number of H-pyrrole nitrogens is 1. The van der Waals surface area contributed by atoms with Crippen molar-refractivity contribution in [2.45, 2.75) is 19.5 Å². The van der Waals surface area contributed by atoms with Crippen LogP contribution < -0.4 is 0 Å². The summed E-state index contributed by atoms with van der Waals surface area (Å²) in [5.74, 6) is -0.247. The van der Waals surface area contributed by atoms with E-state index in [0.717, 1.165) is 53.9 Å². The number of rotatable bonds is 3. The predicted octanol–water partition coefficient (Wildman–Crippen LogP) is 3.31. The molecule has 0 atom stereocenters. The molecule has 0 radical (unpaired) electrons. The first-order chi connectivity index (χ1) is 12.8. The molecule has 2 aromatic heterocycles. The van der Waals surface area contributed by atoms with Crippen molar-refractivity contribution in [3.05, 3.63) is 65.1 Å². The molecule has 5 rings (SSSR count). The smallest absolute Gasteiger partial charge is 0.135 e. The number of fused-ring (bicyclic) bond motifs is 2. The Morgan fingerprint density at radius 2 is 2.00 bits per heavy atom. The van der Waals surface area contributed by atoms with Crippen LogP contribution in [0.3, 0.4) is 0 Å². The first kappa shape index (κ1) is 15.2. The Hall–Kier alpha value is -3.06. The molecule has 0 spiro atoms. The van der Waals surface area contributed by atoms with Gasteiger partial charge in [-0.3, -0.25) is 10.00 Å². The molecule has 3 heterocycles. The van der Waals surface area contributed by atoms with Gasteiger partial charge in [0.15, 0.2) is 0 Å². The number of benzene rings is 2. The monoisotopic (exact) mass is 349 g/mol. The van der Waals surface area contributed by atoms with E-state index in [1.165, 1.54) is 6.07 Å². The van der Waals surface area contributed by atoms with Crippen LogP contribution in [0.2, 0.25) is 0 Å². The van der Waals surface area contributed by atoms with Crippen LogP contribution in [0.5, 0.6) is 0 Å². The Morgan fingerprint density at radius 1 is 1.12 bits per heavy atom. The first-order valence-electron chi connectivity index (χ1n) is 8.52. The minimum absolute atomic E-state index is 0.247. The van der Waals surface area contributed by atoms with Crippen molar-refractivity contribution in [2.75, 3.05) is 6.54 Å². The summed E-state index contributed by atoms with van der Waals surface area (Å²) in [5, 5.41) is 15.2. The summed E-state index contributed by atoms with van der Waals surface area (Å²) in [6.07, 6.45) is 0.866. The molecule has 0 unspecified atom stereocenters. The number of halogens is 1. The van der Waals surface area contributed by atoms with E-state index in [9.17, 15) is 4.39 Å². The zero-order chi connectivity index (χ0) is 17.5. The third-order valence-corrected chi connectivity index (χ3v) is 4.87. The second kappa shape index (κ2) is 6.03.